The molecule has 0 bridgehead atoms. The molecular weight excluding hydrogens is 699 g/mol. The van der Waals surface area contributed by atoms with Crippen LogP contribution in [-0.4, -0.2) is 88.4 Å². The molecule has 246 valence electrons. The quantitative estimate of drug-likeness (QED) is 0.111. The summed E-state index contributed by atoms with van der Waals surface area (Å²) < 4.78 is 44.4. The lowest BCUT2D eigenvalue weighted by molar-refractivity contribution is -0.147. The number of hydrogen-bond donors (Lipinski definition) is 5. The fourth-order valence-corrected chi connectivity index (χ4v) is 12.8. The standard InChI is InChI=1S/C28H36ClN4O7PS4/c29-20-14-21-23(44-32-25(31-21)9-8-19-6-2-1-3-7-19)15-24(20)45(39,40)30-10-4-5-11-41(37,38)17-26(34)33-18-28(42-12-13-43-28)16-22(33)27(35)36/h1-3,6-7,14-15,22,25,30-32H,4-5,8-13,16-18H2,(H,35,36)(H,37,38)/t22-,25?/m0/s1. The van der Waals surface area contributed by atoms with E-state index >= 15 is 0 Å². The normalized spacial score (nSPS) is 22.1. The minimum absolute atomic E-state index is 0.0130. The van der Waals surface area contributed by atoms with Gasteiger partial charge in [0.15, 0.2) is 0 Å². The third-order valence-electron chi connectivity index (χ3n) is 7.85. The first-order valence-electron chi connectivity index (χ1n) is 14.5. The number of carboxylic acid groups (broad SMARTS) is 1. The molecule has 3 heterocycles. The fourth-order valence-electron chi connectivity index (χ4n) is 5.55. The van der Waals surface area contributed by atoms with Crippen molar-refractivity contribution < 1.29 is 32.6 Å². The summed E-state index contributed by atoms with van der Waals surface area (Å²) in [6.45, 7) is 0.254. The number of carboxylic acids is 1. The van der Waals surface area contributed by atoms with E-state index in [1.807, 2.05) is 18.2 Å². The molecule has 3 aliphatic rings. The van der Waals surface area contributed by atoms with Crippen LogP contribution in [-0.2, 0) is 30.6 Å². The highest BCUT2D eigenvalue weighted by molar-refractivity contribution is 8.21. The third-order valence-corrected chi connectivity index (χ3v) is 15.9. The van der Waals surface area contributed by atoms with E-state index in [2.05, 4.69) is 26.9 Å². The van der Waals surface area contributed by atoms with Crippen LogP contribution in [0.5, 0.6) is 0 Å². The predicted molar refractivity (Wildman–Crippen MR) is 182 cm³/mol. The number of thioether (sulfide) groups is 2. The molecule has 1 spiro atoms. The summed E-state index contributed by atoms with van der Waals surface area (Å²) >= 11 is 11.0. The number of fused-ring (bicyclic) bond motifs is 1. The molecule has 2 fully saturated rings. The number of likely N-dealkylation sites (tertiary alicyclic amines) is 1. The fraction of sp³-hybridized carbons (Fsp3) is 0.500. The zero-order chi connectivity index (χ0) is 32.2. The van der Waals surface area contributed by atoms with E-state index < -0.39 is 41.5 Å². The largest absolute Gasteiger partial charge is 0.480 e. The van der Waals surface area contributed by atoms with Gasteiger partial charge < -0.3 is 20.2 Å². The predicted octanol–water partition coefficient (Wildman–Crippen LogP) is 4.51. The van der Waals surface area contributed by atoms with Crippen LogP contribution in [0.4, 0.5) is 5.69 Å². The number of benzene rings is 2. The number of carbonyl (C=O) groups excluding carboxylic acids is 1. The highest BCUT2D eigenvalue weighted by atomic mass is 35.5. The lowest BCUT2D eigenvalue weighted by Gasteiger charge is -2.28. The number of rotatable bonds is 13. The van der Waals surface area contributed by atoms with E-state index in [4.69, 9.17) is 11.6 Å². The Morgan fingerprint density at radius 1 is 1.16 bits per heavy atom. The van der Waals surface area contributed by atoms with Crippen molar-refractivity contribution in [2.75, 3.05) is 42.2 Å². The summed E-state index contributed by atoms with van der Waals surface area (Å²) in [5.41, 5.74) is 1.97. The lowest BCUT2D eigenvalue weighted by Crippen LogP contribution is -2.42. The minimum atomic E-state index is -3.96. The van der Waals surface area contributed by atoms with Gasteiger partial charge in [0.1, 0.15) is 17.1 Å². The molecule has 2 saturated heterocycles. The molecule has 1 amide bonds. The Morgan fingerprint density at radius 3 is 2.60 bits per heavy atom. The molecule has 5 rings (SSSR count). The molecular formula is C28H36ClN4O7PS4. The number of sulfonamides is 1. The first-order chi connectivity index (χ1) is 21.4. The van der Waals surface area contributed by atoms with Crippen LogP contribution in [0.2, 0.25) is 5.02 Å². The number of anilines is 1. The molecule has 11 nitrogen and oxygen atoms in total. The topological polar surface area (TPSA) is 165 Å². The third kappa shape index (κ3) is 8.94. The molecule has 0 radical (unpaired) electrons. The maximum absolute atomic E-state index is 13.1. The summed E-state index contributed by atoms with van der Waals surface area (Å²) in [4.78, 5) is 37.1. The highest BCUT2D eigenvalue weighted by Gasteiger charge is 2.51. The van der Waals surface area contributed by atoms with Gasteiger partial charge >= 0.3 is 5.97 Å². The molecule has 0 saturated carbocycles. The molecule has 3 aliphatic heterocycles. The van der Waals surface area contributed by atoms with Gasteiger partial charge in [0, 0.05) is 42.1 Å². The second kappa shape index (κ2) is 14.8. The van der Waals surface area contributed by atoms with E-state index in [0.717, 1.165) is 30.0 Å². The average molecular weight is 735 g/mol. The number of aliphatic carboxylic acids is 1. The Labute approximate surface area is 281 Å². The van der Waals surface area contributed by atoms with E-state index in [0.29, 0.717) is 11.3 Å². The number of aryl methyl sites for hydroxylation is 1. The Balaban J connectivity index is 1.08. The average Bonchev–Trinajstić information content (AvgIpc) is 3.62. The SMILES string of the molecule is O=C(O)[C@@H]1CC2(CN1C(=O)CP(=O)(O)CCCCNS(=O)(=O)c1cc3c(cc1Cl)NC(CCc1ccccc1)NS3)SCCS2. The number of unbranched alkanes of at least 4 members (excludes halogenated alkanes) is 1. The van der Waals surface area contributed by atoms with Gasteiger partial charge in [-0.15, -0.1) is 23.5 Å². The monoisotopic (exact) mass is 734 g/mol. The van der Waals surface area contributed by atoms with Crippen molar-refractivity contribution in [1.29, 1.82) is 0 Å². The smallest absolute Gasteiger partial charge is 0.326 e. The van der Waals surface area contributed by atoms with E-state index in [9.17, 15) is 32.6 Å². The van der Waals surface area contributed by atoms with Crippen LogP contribution in [0.25, 0.3) is 0 Å². The van der Waals surface area contributed by atoms with Gasteiger partial charge in [-0.3, -0.25) is 9.36 Å². The summed E-state index contributed by atoms with van der Waals surface area (Å²) in [6, 6.07) is 12.2. The first-order valence-corrected chi connectivity index (χ1v) is 21.2. The van der Waals surface area contributed by atoms with Crippen LogP contribution in [0.3, 0.4) is 0 Å². The summed E-state index contributed by atoms with van der Waals surface area (Å²) in [6.07, 6.45) is 1.64. The van der Waals surface area contributed by atoms with Crippen LogP contribution in [0.1, 0.15) is 31.2 Å². The van der Waals surface area contributed by atoms with E-state index in [-0.39, 0.29) is 52.3 Å². The molecule has 45 heavy (non-hydrogen) atoms. The van der Waals surface area contributed by atoms with Gasteiger partial charge in [0.2, 0.25) is 23.3 Å². The zero-order valence-electron chi connectivity index (χ0n) is 24.3. The number of carbonyl (C=O) groups is 2. The molecule has 17 heteroatoms. The van der Waals surface area contributed by atoms with Gasteiger partial charge in [-0.1, -0.05) is 41.9 Å². The Kier molecular flexibility index (Phi) is 11.5. The van der Waals surface area contributed by atoms with Gasteiger partial charge in [-0.25, -0.2) is 22.7 Å². The van der Waals surface area contributed by atoms with Crippen molar-refractivity contribution >= 4 is 82.0 Å². The Morgan fingerprint density at radius 2 is 1.89 bits per heavy atom. The van der Waals surface area contributed by atoms with E-state index in [1.165, 1.54) is 28.5 Å². The maximum atomic E-state index is 13.1. The number of nitrogens with one attached hydrogen (secondary N) is 3. The second-order valence-corrected chi connectivity index (χ2v) is 19.9. The molecule has 2 aromatic rings. The van der Waals surface area contributed by atoms with Gasteiger partial charge in [0.25, 0.3) is 0 Å². The molecule has 0 aromatic heterocycles. The molecule has 5 N–H and O–H groups in total. The van der Waals surface area contributed by atoms with Crippen LogP contribution < -0.4 is 14.8 Å². The summed E-state index contributed by atoms with van der Waals surface area (Å²) in [7, 11) is -7.86. The zero-order valence-corrected chi connectivity index (χ0v) is 29.2. The first kappa shape index (κ1) is 34.9. The lowest BCUT2D eigenvalue weighted by atomic mass is 10.1. The van der Waals surface area contributed by atoms with Crippen molar-refractivity contribution in [3.63, 3.8) is 0 Å². The molecule has 2 aromatic carbocycles. The highest BCUT2D eigenvalue weighted by Crippen LogP contribution is 2.52. The van der Waals surface area contributed by atoms with Crippen LogP contribution in [0.15, 0.2) is 52.3 Å². The van der Waals surface area contributed by atoms with Crippen LogP contribution >= 0.6 is 54.4 Å². The Bertz CT molecular complexity index is 1560. The van der Waals surface area contributed by atoms with E-state index in [1.54, 1.807) is 29.6 Å². The number of hydrogen-bond acceptors (Lipinski definition) is 10. The summed E-state index contributed by atoms with van der Waals surface area (Å²) in [5, 5.41) is 13.1. The van der Waals surface area contributed by atoms with Crippen molar-refractivity contribution in [2.45, 2.75) is 58.2 Å². The second-order valence-electron chi connectivity index (χ2n) is 11.2. The van der Waals surface area contributed by atoms with Crippen molar-refractivity contribution in [1.82, 2.24) is 14.3 Å². The number of nitrogens with zero attached hydrogens (tertiary/aromatic N) is 1. The van der Waals surface area contributed by atoms with Crippen molar-refractivity contribution in [3.8, 4) is 0 Å². The van der Waals surface area contributed by atoms with Gasteiger partial charge in [-0.05, 0) is 55.3 Å². The summed E-state index contributed by atoms with van der Waals surface area (Å²) in [5.74, 6) is 0.0130. The maximum Gasteiger partial charge on any atom is 0.326 e. The van der Waals surface area contributed by atoms with Gasteiger partial charge in [0.05, 0.1) is 21.0 Å². The number of amides is 1. The Hall–Kier alpha value is -1.42. The van der Waals surface area contributed by atoms with Crippen molar-refractivity contribution in [3.05, 3.63) is 53.1 Å². The molecule has 2 unspecified atom stereocenters. The van der Waals surface area contributed by atoms with Crippen molar-refractivity contribution in [2.24, 2.45) is 0 Å². The van der Waals surface area contributed by atoms with Crippen LogP contribution in [0, 0.1) is 0 Å². The van der Waals surface area contributed by atoms with Gasteiger partial charge in [-0.2, -0.15) is 0 Å². The number of halogens is 1. The molecule has 0 aliphatic carbocycles. The minimum Gasteiger partial charge on any atom is -0.480 e. The molecule has 3 atom stereocenters.